The van der Waals surface area contributed by atoms with Crippen molar-refractivity contribution in [1.29, 1.82) is 0 Å². The zero-order valence-corrected chi connectivity index (χ0v) is 19.8. The van der Waals surface area contributed by atoms with Crippen LogP contribution in [0.4, 0.5) is 0 Å². The lowest BCUT2D eigenvalue weighted by molar-refractivity contribution is -0.118. The molecule has 1 amide bonds. The smallest absolute Gasteiger partial charge is 0.267 e. The summed E-state index contributed by atoms with van der Waals surface area (Å²) in [5, 5.41) is 4.41. The normalized spacial score (nSPS) is 18.2. The molecule has 3 aromatic rings. The SMILES string of the molecule is Cc1ccc(C)c(-n2c(SCC(=O)NC3CC3)nc3sc4c(c3c2=O)CC[C@@H](C)C4)c1. The van der Waals surface area contributed by atoms with Crippen molar-refractivity contribution < 1.29 is 4.79 Å². The summed E-state index contributed by atoms with van der Waals surface area (Å²) in [6, 6.07) is 6.47. The van der Waals surface area contributed by atoms with Gasteiger partial charge in [-0.15, -0.1) is 11.3 Å². The Labute approximate surface area is 190 Å². The van der Waals surface area contributed by atoms with Crippen LogP contribution in [0.25, 0.3) is 15.9 Å². The number of thiophene rings is 1. The van der Waals surface area contributed by atoms with Gasteiger partial charge in [-0.2, -0.15) is 0 Å². The largest absolute Gasteiger partial charge is 0.353 e. The van der Waals surface area contributed by atoms with Crippen molar-refractivity contribution >= 4 is 39.2 Å². The Morgan fingerprint density at radius 3 is 2.87 bits per heavy atom. The van der Waals surface area contributed by atoms with E-state index in [0.29, 0.717) is 17.1 Å². The van der Waals surface area contributed by atoms with Crippen molar-refractivity contribution in [3.8, 4) is 5.69 Å². The van der Waals surface area contributed by atoms with E-state index < -0.39 is 0 Å². The van der Waals surface area contributed by atoms with E-state index in [2.05, 4.69) is 18.3 Å². The van der Waals surface area contributed by atoms with Crippen molar-refractivity contribution in [3.05, 3.63) is 50.1 Å². The molecule has 7 heteroatoms. The molecule has 1 N–H and O–H groups in total. The van der Waals surface area contributed by atoms with Gasteiger partial charge in [0.25, 0.3) is 5.56 Å². The van der Waals surface area contributed by atoms with Crippen LogP contribution < -0.4 is 10.9 Å². The van der Waals surface area contributed by atoms with Gasteiger partial charge in [-0.05, 0) is 74.6 Å². The zero-order chi connectivity index (χ0) is 21.7. The summed E-state index contributed by atoms with van der Waals surface area (Å²) in [6.45, 7) is 6.32. The van der Waals surface area contributed by atoms with Crippen LogP contribution in [0.2, 0.25) is 0 Å². The Morgan fingerprint density at radius 1 is 1.29 bits per heavy atom. The standard InChI is InChI=1S/C24H27N3O2S2/c1-13-4-6-15(3)18(10-13)27-23(29)21-17-9-5-14(2)11-19(17)31-22(21)26-24(27)30-12-20(28)25-16-7-8-16/h4,6,10,14,16H,5,7-9,11-12H2,1-3H3,(H,25,28)/t14-/m1/s1. The monoisotopic (exact) mass is 453 g/mol. The molecular weight excluding hydrogens is 426 g/mol. The fourth-order valence-corrected chi connectivity index (χ4v) is 6.51. The van der Waals surface area contributed by atoms with E-state index in [1.807, 2.05) is 26.0 Å². The molecule has 2 aromatic heterocycles. The summed E-state index contributed by atoms with van der Waals surface area (Å²) in [5.41, 5.74) is 4.16. The Morgan fingerprint density at radius 2 is 2.10 bits per heavy atom. The molecule has 1 atom stereocenters. The lowest BCUT2D eigenvalue weighted by Gasteiger charge is -2.18. The van der Waals surface area contributed by atoms with Crippen LogP contribution in [-0.2, 0) is 17.6 Å². The van der Waals surface area contributed by atoms with E-state index >= 15 is 0 Å². The van der Waals surface area contributed by atoms with Gasteiger partial charge < -0.3 is 5.32 Å². The van der Waals surface area contributed by atoms with Crippen molar-refractivity contribution in [2.24, 2.45) is 5.92 Å². The van der Waals surface area contributed by atoms with Gasteiger partial charge in [0.15, 0.2) is 5.16 Å². The third-order valence-electron chi connectivity index (χ3n) is 6.18. The number of amides is 1. The van der Waals surface area contributed by atoms with Crippen LogP contribution in [0.3, 0.4) is 0 Å². The number of hydrogen-bond donors (Lipinski definition) is 1. The van der Waals surface area contributed by atoms with E-state index in [9.17, 15) is 9.59 Å². The van der Waals surface area contributed by atoms with Crippen LogP contribution in [0.5, 0.6) is 0 Å². The van der Waals surface area contributed by atoms with E-state index in [-0.39, 0.29) is 17.2 Å². The number of carbonyl (C=O) groups is 1. The highest BCUT2D eigenvalue weighted by Gasteiger charge is 2.27. The summed E-state index contributed by atoms with van der Waals surface area (Å²) in [4.78, 5) is 33.3. The number of hydrogen-bond acceptors (Lipinski definition) is 5. The molecule has 2 heterocycles. The van der Waals surface area contributed by atoms with Crippen LogP contribution in [0.1, 0.15) is 47.8 Å². The summed E-state index contributed by atoms with van der Waals surface area (Å²) in [6.07, 6.45) is 5.20. The molecule has 1 saturated carbocycles. The van der Waals surface area contributed by atoms with Gasteiger partial charge in [-0.1, -0.05) is 30.8 Å². The fraction of sp³-hybridized carbons (Fsp3) is 0.458. The minimum absolute atomic E-state index is 0.00384. The average Bonchev–Trinajstić information content (AvgIpc) is 3.46. The molecule has 0 spiro atoms. The number of benzene rings is 1. The molecule has 2 aliphatic carbocycles. The third-order valence-corrected chi connectivity index (χ3v) is 8.27. The minimum Gasteiger partial charge on any atom is -0.353 e. The second-order valence-corrected chi connectivity index (χ2v) is 11.0. The molecule has 5 nitrogen and oxygen atoms in total. The maximum absolute atomic E-state index is 13.9. The topological polar surface area (TPSA) is 64.0 Å². The summed E-state index contributed by atoms with van der Waals surface area (Å²) in [5.74, 6) is 0.914. The molecular formula is C24H27N3O2S2. The highest BCUT2D eigenvalue weighted by atomic mass is 32.2. The van der Waals surface area contributed by atoms with E-state index in [0.717, 1.165) is 59.1 Å². The lowest BCUT2D eigenvalue weighted by Crippen LogP contribution is -2.28. The van der Waals surface area contributed by atoms with E-state index in [1.54, 1.807) is 15.9 Å². The van der Waals surface area contributed by atoms with Gasteiger partial charge in [0.2, 0.25) is 5.91 Å². The van der Waals surface area contributed by atoms with Gasteiger partial charge in [-0.25, -0.2) is 4.98 Å². The first-order valence-corrected chi connectivity index (χ1v) is 12.8. The third kappa shape index (κ3) is 4.05. The second kappa shape index (κ2) is 8.10. The highest BCUT2D eigenvalue weighted by Crippen LogP contribution is 2.37. The molecule has 2 aliphatic rings. The molecule has 1 fully saturated rings. The molecule has 162 valence electrons. The first-order valence-electron chi connectivity index (χ1n) is 11.0. The first-order chi connectivity index (χ1) is 14.9. The summed E-state index contributed by atoms with van der Waals surface area (Å²) < 4.78 is 1.74. The van der Waals surface area contributed by atoms with Crippen LogP contribution in [-0.4, -0.2) is 27.3 Å². The number of carbonyl (C=O) groups excluding carboxylic acids is 1. The Bertz CT molecular complexity index is 1240. The van der Waals surface area contributed by atoms with Crippen molar-refractivity contribution in [1.82, 2.24) is 14.9 Å². The van der Waals surface area contributed by atoms with E-state index in [4.69, 9.17) is 4.98 Å². The number of fused-ring (bicyclic) bond motifs is 3. The number of nitrogens with zero attached hydrogens (tertiary/aromatic N) is 2. The molecule has 0 aliphatic heterocycles. The molecule has 0 bridgehead atoms. The summed E-state index contributed by atoms with van der Waals surface area (Å²) >= 11 is 3.02. The summed E-state index contributed by atoms with van der Waals surface area (Å²) in [7, 11) is 0. The molecule has 0 unspecified atom stereocenters. The van der Waals surface area contributed by atoms with Gasteiger partial charge in [0.05, 0.1) is 16.8 Å². The Hall–Kier alpha value is -2.12. The van der Waals surface area contributed by atoms with Crippen molar-refractivity contribution in [2.75, 3.05) is 5.75 Å². The minimum atomic E-state index is -0.00384. The highest BCUT2D eigenvalue weighted by molar-refractivity contribution is 7.99. The van der Waals surface area contributed by atoms with Crippen LogP contribution >= 0.6 is 23.1 Å². The molecule has 0 saturated heterocycles. The number of thioether (sulfide) groups is 1. The number of rotatable bonds is 5. The zero-order valence-electron chi connectivity index (χ0n) is 18.2. The van der Waals surface area contributed by atoms with E-state index in [1.165, 1.54) is 22.2 Å². The molecule has 1 aromatic carbocycles. The lowest BCUT2D eigenvalue weighted by atomic mass is 9.89. The Kier molecular flexibility index (Phi) is 5.42. The molecule has 31 heavy (non-hydrogen) atoms. The maximum atomic E-state index is 13.9. The number of aryl methyl sites for hydroxylation is 3. The van der Waals surface area contributed by atoms with Crippen LogP contribution in [0.15, 0.2) is 28.2 Å². The fourth-order valence-electron chi connectivity index (χ4n) is 4.27. The first kappa shape index (κ1) is 20.8. The number of nitrogens with one attached hydrogen (secondary N) is 1. The van der Waals surface area contributed by atoms with Gasteiger partial charge in [0.1, 0.15) is 4.83 Å². The van der Waals surface area contributed by atoms with Crippen molar-refractivity contribution in [3.63, 3.8) is 0 Å². The number of aromatic nitrogens is 2. The maximum Gasteiger partial charge on any atom is 0.267 e. The second-order valence-electron chi connectivity index (χ2n) is 8.99. The van der Waals surface area contributed by atoms with Gasteiger partial charge >= 0.3 is 0 Å². The van der Waals surface area contributed by atoms with Crippen LogP contribution in [0, 0.1) is 19.8 Å². The van der Waals surface area contributed by atoms with Gasteiger partial charge in [-0.3, -0.25) is 14.2 Å². The predicted octanol–water partition coefficient (Wildman–Crippen LogP) is 4.56. The molecule has 5 rings (SSSR count). The Balaban J connectivity index is 1.65. The predicted molar refractivity (Wildman–Crippen MR) is 128 cm³/mol. The average molecular weight is 454 g/mol. The molecule has 0 radical (unpaired) electrons. The quantitative estimate of drug-likeness (QED) is 0.454. The van der Waals surface area contributed by atoms with Gasteiger partial charge in [0, 0.05) is 10.9 Å². The van der Waals surface area contributed by atoms with Crippen molar-refractivity contribution in [2.45, 2.75) is 64.1 Å².